The molecule has 0 saturated carbocycles. The van der Waals surface area contributed by atoms with E-state index < -0.39 is 0 Å². The van der Waals surface area contributed by atoms with E-state index in [4.69, 9.17) is 5.73 Å². The molecule has 1 aromatic rings. The number of anilines is 2. The molecule has 0 spiro atoms. The fourth-order valence-corrected chi connectivity index (χ4v) is 3.08. The lowest BCUT2D eigenvalue weighted by Gasteiger charge is -2.29. The molecule has 1 aliphatic heterocycles. The number of rotatable bonds is 4. The van der Waals surface area contributed by atoms with Crippen molar-refractivity contribution in [2.45, 2.75) is 38.8 Å². The highest BCUT2D eigenvalue weighted by Crippen LogP contribution is 2.29. The van der Waals surface area contributed by atoms with E-state index in [1.165, 1.54) is 11.5 Å². The molecule has 1 amide bonds. The first-order valence-electron chi connectivity index (χ1n) is 6.98. The fraction of sp³-hybridized carbons (Fsp3) is 0.692. The summed E-state index contributed by atoms with van der Waals surface area (Å²) in [7, 11) is 2.13. The third-order valence-electron chi connectivity index (χ3n) is 3.42. The SMILES string of the molecule is CC(C)NC(=O)c1c(N)nsc1NC1CCN(C)CC1. The average Bonchev–Trinajstić information content (AvgIpc) is 2.72. The molecule has 0 bridgehead atoms. The fourth-order valence-electron chi connectivity index (χ4n) is 2.29. The molecule has 2 heterocycles. The molecule has 0 aliphatic carbocycles. The molecule has 6 nitrogen and oxygen atoms in total. The van der Waals surface area contributed by atoms with E-state index in [9.17, 15) is 4.79 Å². The number of amides is 1. The molecule has 1 aromatic heterocycles. The van der Waals surface area contributed by atoms with Gasteiger partial charge in [0.15, 0.2) is 5.82 Å². The summed E-state index contributed by atoms with van der Waals surface area (Å²) in [5, 5.41) is 7.09. The number of nitrogens with one attached hydrogen (secondary N) is 2. The number of nitrogen functional groups attached to an aromatic ring is 1. The highest BCUT2D eigenvalue weighted by Gasteiger charge is 2.23. The summed E-state index contributed by atoms with van der Waals surface area (Å²) in [6, 6.07) is 0.467. The van der Waals surface area contributed by atoms with Gasteiger partial charge >= 0.3 is 0 Å². The van der Waals surface area contributed by atoms with Crippen LogP contribution in [0.4, 0.5) is 10.8 Å². The van der Waals surface area contributed by atoms with Crippen molar-refractivity contribution >= 4 is 28.3 Å². The van der Waals surface area contributed by atoms with E-state index in [0.717, 1.165) is 30.9 Å². The van der Waals surface area contributed by atoms with Gasteiger partial charge in [-0.25, -0.2) is 0 Å². The van der Waals surface area contributed by atoms with Crippen molar-refractivity contribution in [1.82, 2.24) is 14.6 Å². The first kappa shape index (κ1) is 15.1. The van der Waals surface area contributed by atoms with E-state index in [1.54, 1.807) is 0 Å². The molecule has 4 N–H and O–H groups in total. The normalized spacial score (nSPS) is 17.4. The number of hydrogen-bond donors (Lipinski definition) is 3. The molecule has 20 heavy (non-hydrogen) atoms. The maximum Gasteiger partial charge on any atom is 0.258 e. The van der Waals surface area contributed by atoms with E-state index in [-0.39, 0.29) is 11.9 Å². The molecule has 1 aliphatic rings. The van der Waals surface area contributed by atoms with Gasteiger partial charge in [0.25, 0.3) is 5.91 Å². The summed E-state index contributed by atoms with van der Waals surface area (Å²) < 4.78 is 4.11. The highest BCUT2D eigenvalue weighted by molar-refractivity contribution is 7.11. The third kappa shape index (κ3) is 3.61. The largest absolute Gasteiger partial charge is 0.382 e. The van der Waals surface area contributed by atoms with Crippen LogP contribution in [0, 0.1) is 0 Å². The smallest absolute Gasteiger partial charge is 0.258 e. The average molecular weight is 297 g/mol. The van der Waals surface area contributed by atoms with Crippen LogP contribution in [0.15, 0.2) is 0 Å². The number of aromatic nitrogens is 1. The van der Waals surface area contributed by atoms with E-state index in [0.29, 0.717) is 17.4 Å². The van der Waals surface area contributed by atoms with Crippen LogP contribution >= 0.6 is 11.5 Å². The van der Waals surface area contributed by atoms with Gasteiger partial charge in [-0.2, -0.15) is 4.37 Å². The molecule has 1 fully saturated rings. The van der Waals surface area contributed by atoms with Crippen LogP contribution in [0.3, 0.4) is 0 Å². The maximum atomic E-state index is 12.2. The standard InChI is InChI=1S/C13H23N5OS/c1-8(2)15-12(19)10-11(14)17-20-13(10)16-9-4-6-18(3)7-5-9/h8-9,16H,4-7H2,1-3H3,(H2,14,17)(H,15,19). The first-order chi connectivity index (χ1) is 9.47. The zero-order chi connectivity index (χ0) is 14.7. The quantitative estimate of drug-likeness (QED) is 0.782. The molecule has 0 aromatic carbocycles. The number of likely N-dealkylation sites (tertiary alicyclic amines) is 1. The molecule has 7 heteroatoms. The maximum absolute atomic E-state index is 12.2. The summed E-state index contributed by atoms with van der Waals surface area (Å²) >= 11 is 1.27. The van der Waals surface area contributed by atoms with E-state index in [2.05, 4.69) is 27.0 Å². The zero-order valence-corrected chi connectivity index (χ0v) is 13.1. The number of carbonyl (C=O) groups is 1. The summed E-state index contributed by atoms with van der Waals surface area (Å²) in [5.74, 6) is 0.158. The number of nitrogens with zero attached hydrogens (tertiary/aromatic N) is 2. The molecule has 0 unspecified atom stereocenters. The van der Waals surface area contributed by atoms with Crippen LogP contribution in [0.5, 0.6) is 0 Å². The minimum absolute atomic E-state index is 0.0815. The summed E-state index contributed by atoms with van der Waals surface area (Å²) in [6.07, 6.45) is 2.14. The van der Waals surface area contributed by atoms with Crippen LogP contribution in [-0.4, -0.2) is 47.4 Å². The van der Waals surface area contributed by atoms with Crippen molar-refractivity contribution in [3.63, 3.8) is 0 Å². The second-order valence-corrected chi connectivity index (χ2v) is 6.40. The minimum atomic E-state index is -0.151. The number of nitrogens with two attached hydrogens (primary N) is 1. The van der Waals surface area contributed by atoms with Crippen molar-refractivity contribution in [3.05, 3.63) is 5.56 Å². The molecule has 112 valence electrons. The Bertz CT molecular complexity index is 465. The molecular formula is C13H23N5OS. The van der Waals surface area contributed by atoms with Gasteiger partial charge < -0.3 is 21.3 Å². The van der Waals surface area contributed by atoms with Crippen LogP contribution in [0.1, 0.15) is 37.0 Å². The zero-order valence-electron chi connectivity index (χ0n) is 12.3. The minimum Gasteiger partial charge on any atom is -0.382 e. The predicted molar refractivity (Wildman–Crippen MR) is 83.3 cm³/mol. The Labute approximate surface area is 123 Å². The molecule has 0 radical (unpaired) electrons. The highest BCUT2D eigenvalue weighted by atomic mass is 32.1. The van der Waals surface area contributed by atoms with Crippen LogP contribution in [-0.2, 0) is 0 Å². The van der Waals surface area contributed by atoms with Gasteiger partial charge in [0, 0.05) is 12.1 Å². The first-order valence-corrected chi connectivity index (χ1v) is 7.75. The third-order valence-corrected chi connectivity index (χ3v) is 4.21. The molecule has 1 saturated heterocycles. The van der Waals surface area contributed by atoms with E-state index in [1.807, 2.05) is 13.8 Å². The Hall–Kier alpha value is -1.34. The van der Waals surface area contributed by atoms with Crippen LogP contribution in [0.25, 0.3) is 0 Å². The number of hydrogen-bond acceptors (Lipinski definition) is 6. The predicted octanol–water partition coefficient (Wildman–Crippen LogP) is 1.37. The number of carbonyl (C=O) groups excluding carboxylic acids is 1. The topological polar surface area (TPSA) is 83.3 Å². The van der Waals surface area contributed by atoms with Crippen LogP contribution < -0.4 is 16.4 Å². The Balaban J connectivity index is 2.07. The van der Waals surface area contributed by atoms with Crippen LogP contribution in [0.2, 0.25) is 0 Å². The van der Waals surface area contributed by atoms with Gasteiger partial charge in [-0.05, 0) is 58.4 Å². The molecule has 2 rings (SSSR count). The van der Waals surface area contributed by atoms with Gasteiger partial charge in [-0.3, -0.25) is 4.79 Å². The Morgan fingerprint density at radius 2 is 2.10 bits per heavy atom. The van der Waals surface area contributed by atoms with Gasteiger partial charge in [-0.15, -0.1) is 0 Å². The van der Waals surface area contributed by atoms with Gasteiger partial charge in [0.2, 0.25) is 0 Å². The monoisotopic (exact) mass is 297 g/mol. The van der Waals surface area contributed by atoms with Crippen molar-refractivity contribution in [1.29, 1.82) is 0 Å². The van der Waals surface area contributed by atoms with Crippen molar-refractivity contribution in [2.75, 3.05) is 31.2 Å². The summed E-state index contributed by atoms with van der Waals surface area (Å²) in [5.41, 5.74) is 6.32. The Morgan fingerprint density at radius 1 is 1.45 bits per heavy atom. The summed E-state index contributed by atoms with van der Waals surface area (Å²) in [6.45, 7) is 5.99. The lowest BCUT2D eigenvalue weighted by molar-refractivity contribution is 0.0945. The second kappa shape index (κ2) is 6.41. The Morgan fingerprint density at radius 3 is 2.70 bits per heavy atom. The van der Waals surface area contributed by atoms with Gasteiger partial charge in [0.1, 0.15) is 10.6 Å². The number of piperidine rings is 1. The lowest BCUT2D eigenvalue weighted by atomic mass is 10.1. The lowest BCUT2D eigenvalue weighted by Crippen LogP contribution is -2.37. The Kier molecular flexibility index (Phi) is 4.82. The van der Waals surface area contributed by atoms with Crippen molar-refractivity contribution in [2.24, 2.45) is 0 Å². The molecular weight excluding hydrogens is 274 g/mol. The summed E-state index contributed by atoms with van der Waals surface area (Å²) in [4.78, 5) is 14.5. The van der Waals surface area contributed by atoms with E-state index >= 15 is 0 Å². The van der Waals surface area contributed by atoms with Crippen molar-refractivity contribution in [3.8, 4) is 0 Å². The molecule has 0 atom stereocenters. The second-order valence-electron chi connectivity index (χ2n) is 5.62. The van der Waals surface area contributed by atoms with Gasteiger partial charge in [0.05, 0.1) is 0 Å². The van der Waals surface area contributed by atoms with Crippen molar-refractivity contribution < 1.29 is 4.79 Å². The van der Waals surface area contributed by atoms with Gasteiger partial charge in [-0.1, -0.05) is 0 Å².